The Bertz CT molecular complexity index is 806. The molecule has 0 aromatic heterocycles. The molecule has 6 aliphatic heterocycles. The van der Waals surface area contributed by atoms with Gasteiger partial charge in [0.25, 0.3) is 0 Å². The molecule has 6 saturated heterocycles. The molecule has 6 fully saturated rings. The fourth-order valence-electron chi connectivity index (χ4n) is 6.19. The first-order chi connectivity index (χ1) is 17.0. The van der Waals surface area contributed by atoms with Gasteiger partial charge in [0.1, 0.15) is 28.0 Å². The van der Waals surface area contributed by atoms with Gasteiger partial charge in [0.15, 0.2) is 0 Å². The summed E-state index contributed by atoms with van der Waals surface area (Å²) in [4.78, 5) is 0. The van der Waals surface area contributed by atoms with Crippen LogP contribution >= 0.6 is 0 Å². The second kappa shape index (κ2) is 8.77. The van der Waals surface area contributed by atoms with Crippen LogP contribution in [0, 0.1) is 0 Å². The maximum atomic E-state index is 12.8. The molecule has 0 aromatic carbocycles. The van der Waals surface area contributed by atoms with E-state index in [4.69, 9.17) is 28.4 Å². The van der Waals surface area contributed by atoms with Crippen molar-refractivity contribution in [3.8, 4) is 0 Å². The molecule has 6 N–H and O–H groups in total. The van der Waals surface area contributed by atoms with Crippen LogP contribution in [-0.4, -0.2) is 142 Å². The highest BCUT2D eigenvalue weighted by atomic mass is 16.6. The van der Waals surface area contributed by atoms with Crippen LogP contribution in [0.3, 0.4) is 0 Å². The average molecular weight is 519 g/mol. The fourth-order valence-corrected chi connectivity index (χ4v) is 6.19. The molecule has 206 valence electrons. The molecule has 6 unspecified atom stereocenters. The zero-order chi connectivity index (χ0) is 25.4. The first-order valence-electron chi connectivity index (χ1n) is 13.0. The average Bonchev–Trinajstić information content (AvgIpc) is 3.61. The quantitative estimate of drug-likeness (QED) is 0.110. The maximum Gasteiger partial charge on any atom is 0.130 e. The van der Waals surface area contributed by atoms with E-state index in [1.54, 1.807) is 0 Å². The third kappa shape index (κ3) is 4.74. The standard InChI is InChI=1S/C24H38O12/c25-13-21(27,3-16-9-33-16)23(29,5-18-11-35-18)24(30,6-19-12-36-19)22(28,4-17-10-34-17)20(26,1-14-7-31-14)2-15-8-32-15/h14-19,25-30H,1-13H2/t14?,15?,16?,17?,18?,19?,20?,21-,22+,23-,24-/m1/s1. The van der Waals surface area contributed by atoms with Crippen LogP contribution < -0.4 is 0 Å². The van der Waals surface area contributed by atoms with Crippen LogP contribution in [0.25, 0.3) is 0 Å². The second-order valence-corrected chi connectivity index (χ2v) is 11.8. The smallest absolute Gasteiger partial charge is 0.130 e. The monoisotopic (exact) mass is 518 g/mol. The summed E-state index contributed by atoms with van der Waals surface area (Å²) in [5.74, 6) is 0. The van der Waals surface area contributed by atoms with Gasteiger partial charge in [-0.1, -0.05) is 0 Å². The highest BCUT2D eigenvalue weighted by Crippen LogP contribution is 2.57. The Labute approximate surface area is 209 Å². The van der Waals surface area contributed by atoms with E-state index in [1.165, 1.54) is 0 Å². The van der Waals surface area contributed by atoms with Crippen LogP contribution in [0.1, 0.15) is 38.5 Å². The minimum Gasteiger partial charge on any atom is -0.393 e. The highest BCUT2D eigenvalue weighted by molar-refractivity contribution is 5.27. The molecule has 0 saturated carbocycles. The third-order valence-electron chi connectivity index (χ3n) is 8.85. The molecule has 10 atom stereocenters. The fraction of sp³-hybridized carbons (Fsp3) is 1.00. The van der Waals surface area contributed by atoms with Crippen LogP contribution in [0.15, 0.2) is 0 Å². The van der Waals surface area contributed by atoms with Crippen molar-refractivity contribution in [3.63, 3.8) is 0 Å². The summed E-state index contributed by atoms with van der Waals surface area (Å²) in [5, 5.41) is 72.6. The summed E-state index contributed by atoms with van der Waals surface area (Å²) in [6.07, 6.45) is -3.55. The van der Waals surface area contributed by atoms with Gasteiger partial charge < -0.3 is 59.1 Å². The van der Waals surface area contributed by atoms with Gasteiger partial charge in [-0.05, 0) is 0 Å². The Morgan fingerprint density at radius 2 is 0.667 bits per heavy atom. The lowest BCUT2D eigenvalue weighted by molar-refractivity contribution is -0.350. The SMILES string of the molecule is OC[C@](O)(CC1CO1)[C@](O)(CC1CO1)[C@@](O)(CC1CO1)[C@](O)(CC1CO1)C(O)(CC1CO1)CC1CO1. The van der Waals surface area contributed by atoms with Gasteiger partial charge in [0.05, 0.1) is 82.9 Å². The minimum atomic E-state index is -2.55. The summed E-state index contributed by atoms with van der Waals surface area (Å²) in [7, 11) is 0. The van der Waals surface area contributed by atoms with Crippen LogP contribution in [-0.2, 0) is 28.4 Å². The molecule has 36 heavy (non-hydrogen) atoms. The van der Waals surface area contributed by atoms with Gasteiger partial charge >= 0.3 is 0 Å². The van der Waals surface area contributed by atoms with E-state index in [0.29, 0.717) is 33.0 Å². The van der Waals surface area contributed by atoms with E-state index in [1.807, 2.05) is 0 Å². The van der Waals surface area contributed by atoms with E-state index in [0.717, 1.165) is 0 Å². The lowest BCUT2D eigenvalue weighted by Crippen LogP contribution is -2.82. The molecule has 6 aliphatic rings. The summed E-state index contributed by atoms with van der Waals surface area (Å²) >= 11 is 0. The van der Waals surface area contributed by atoms with E-state index in [2.05, 4.69) is 0 Å². The second-order valence-electron chi connectivity index (χ2n) is 11.8. The van der Waals surface area contributed by atoms with Crippen molar-refractivity contribution >= 4 is 0 Å². The van der Waals surface area contributed by atoms with Crippen molar-refractivity contribution in [3.05, 3.63) is 0 Å². The molecule has 6 heterocycles. The van der Waals surface area contributed by atoms with E-state index in [9.17, 15) is 30.6 Å². The summed E-state index contributed by atoms with van der Waals surface area (Å²) < 4.78 is 32.3. The Morgan fingerprint density at radius 3 is 0.972 bits per heavy atom. The maximum absolute atomic E-state index is 12.8. The highest BCUT2D eigenvalue weighted by Gasteiger charge is 2.76. The van der Waals surface area contributed by atoms with Crippen molar-refractivity contribution in [1.82, 2.24) is 0 Å². The Hall–Kier alpha value is -0.480. The number of rotatable bonds is 17. The number of aliphatic hydroxyl groups excluding tert-OH is 1. The van der Waals surface area contributed by atoms with Crippen molar-refractivity contribution in [2.75, 3.05) is 46.2 Å². The number of hydrogen-bond donors (Lipinski definition) is 6. The van der Waals surface area contributed by atoms with Gasteiger partial charge in [-0.25, -0.2) is 0 Å². The number of epoxide rings is 6. The molecule has 0 radical (unpaired) electrons. The van der Waals surface area contributed by atoms with Gasteiger partial charge in [0.2, 0.25) is 0 Å². The largest absolute Gasteiger partial charge is 0.393 e. The van der Waals surface area contributed by atoms with Gasteiger partial charge in [-0.15, -0.1) is 0 Å². The topological polar surface area (TPSA) is 197 Å². The van der Waals surface area contributed by atoms with Crippen LogP contribution in [0.5, 0.6) is 0 Å². The van der Waals surface area contributed by atoms with E-state index in [-0.39, 0.29) is 57.3 Å². The number of hydrogen-bond acceptors (Lipinski definition) is 12. The van der Waals surface area contributed by atoms with Gasteiger partial charge in [-0.3, -0.25) is 0 Å². The third-order valence-corrected chi connectivity index (χ3v) is 8.85. The number of aliphatic hydroxyl groups is 6. The van der Waals surface area contributed by atoms with Crippen molar-refractivity contribution < 1.29 is 59.1 Å². The molecule has 0 amide bonds. The Kier molecular flexibility index (Phi) is 6.28. The predicted molar refractivity (Wildman–Crippen MR) is 118 cm³/mol. The normalized spacial score (nSPS) is 42.2. The summed E-state index contributed by atoms with van der Waals surface area (Å²) in [6.45, 7) is 1.12. The van der Waals surface area contributed by atoms with E-state index >= 15 is 0 Å². The van der Waals surface area contributed by atoms with Gasteiger partial charge in [-0.2, -0.15) is 0 Å². The zero-order valence-corrected chi connectivity index (χ0v) is 20.3. The first-order valence-corrected chi connectivity index (χ1v) is 13.0. The Morgan fingerprint density at radius 1 is 0.417 bits per heavy atom. The predicted octanol–water partition coefficient (Wildman–Crippen LogP) is -2.63. The molecule has 0 aromatic rings. The number of ether oxygens (including phenoxy) is 6. The Balaban J connectivity index is 1.47. The van der Waals surface area contributed by atoms with Crippen LogP contribution in [0.2, 0.25) is 0 Å². The molecule has 12 heteroatoms. The molecule has 0 spiro atoms. The molecular formula is C24H38O12. The molecule has 0 bridgehead atoms. The lowest BCUT2D eigenvalue weighted by atomic mass is 9.53. The van der Waals surface area contributed by atoms with Gasteiger partial charge in [0, 0.05) is 38.5 Å². The summed E-state index contributed by atoms with van der Waals surface area (Å²) in [6, 6.07) is 0. The lowest BCUT2D eigenvalue weighted by Gasteiger charge is -2.61. The van der Waals surface area contributed by atoms with Crippen molar-refractivity contribution in [2.24, 2.45) is 0 Å². The minimum absolute atomic E-state index is 0.0107. The molecular weight excluding hydrogens is 480 g/mol. The first kappa shape index (κ1) is 25.8. The zero-order valence-electron chi connectivity index (χ0n) is 20.3. The molecule has 0 aliphatic carbocycles. The summed E-state index contributed by atoms with van der Waals surface area (Å²) in [5.41, 5.74) is -11.7. The van der Waals surface area contributed by atoms with E-state index < -0.39 is 59.0 Å². The van der Waals surface area contributed by atoms with Crippen molar-refractivity contribution in [2.45, 2.75) is 103 Å². The van der Waals surface area contributed by atoms with Crippen molar-refractivity contribution in [1.29, 1.82) is 0 Å². The molecule has 6 rings (SSSR count). The molecule has 12 nitrogen and oxygen atoms in total. The van der Waals surface area contributed by atoms with Crippen LogP contribution in [0.4, 0.5) is 0 Å².